The predicted molar refractivity (Wildman–Crippen MR) is 114 cm³/mol. The molecule has 3 rings (SSSR count). The first-order valence-electron chi connectivity index (χ1n) is 8.60. The Morgan fingerprint density at radius 1 is 0.964 bits per heavy atom. The van der Waals surface area contributed by atoms with Gasteiger partial charge in [0, 0.05) is 11.1 Å². The summed E-state index contributed by atoms with van der Waals surface area (Å²) in [5.74, 6) is -0.0437. The number of rotatable bonds is 6. The molecule has 0 radical (unpaired) electrons. The topological polar surface area (TPSA) is 50.7 Å². The van der Waals surface area contributed by atoms with Crippen LogP contribution in [-0.4, -0.2) is 18.2 Å². The van der Waals surface area contributed by atoms with Gasteiger partial charge in [0.15, 0.2) is 6.61 Å². The van der Waals surface area contributed by atoms with Gasteiger partial charge in [-0.25, -0.2) is 5.43 Å². The van der Waals surface area contributed by atoms with Crippen molar-refractivity contribution in [2.45, 2.75) is 6.92 Å². The van der Waals surface area contributed by atoms with Crippen molar-refractivity contribution in [2.24, 2.45) is 5.10 Å². The molecule has 3 aromatic rings. The van der Waals surface area contributed by atoms with Crippen molar-refractivity contribution < 1.29 is 9.53 Å². The minimum atomic E-state index is -0.392. The van der Waals surface area contributed by atoms with Crippen molar-refractivity contribution in [2.75, 3.05) is 6.61 Å². The van der Waals surface area contributed by atoms with E-state index in [2.05, 4.69) is 22.7 Å². The largest absolute Gasteiger partial charge is 0.482 e. The van der Waals surface area contributed by atoms with E-state index in [-0.39, 0.29) is 6.61 Å². The maximum Gasteiger partial charge on any atom is 0.277 e. The van der Waals surface area contributed by atoms with Crippen molar-refractivity contribution in [1.82, 2.24) is 5.43 Å². The Morgan fingerprint density at radius 3 is 2.36 bits per heavy atom. The molecule has 0 aliphatic rings. The Balaban J connectivity index is 1.57. The predicted octanol–water partition coefficient (Wildman–Crippen LogP) is 5.58. The molecule has 0 bridgehead atoms. The highest BCUT2D eigenvalue weighted by atomic mass is 35.5. The van der Waals surface area contributed by atoms with Gasteiger partial charge in [-0.15, -0.1) is 0 Å². The van der Waals surface area contributed by atoms with E-state index in [0.29, 0.717) is 21.5 Å². The van der Waals surface area contributed by atoms with Gasteiger partial charge in [-0.2, -0.15) is 5.10 Å². The Morgan fingerprint density at radius 2 is 1.64 bits per heavy atom. The number of hydrogen-bond donors (Lipinski definition) is 1. The summed E-state index contributed by atoms with van der Waals surface area (Å²) in [6.07, 6.45) is 0. The molecule has 6 heteroatoms. The summed E-state index contributed by atoms with van der Waals surface area (Å²) in [4.78, 5) is 12.0. The number of nitrogens with one attached hydrogen (secondary N) is 1. The molecular formula is C22H18Cl2N2O2. The van der Waals surface area contributed by atoms with Crippen LogP contribution in [0.15, 0.2) is 77.9 Å². The molecule has 0 saturated heterocycles. The SMILES string of the molecule is CC(=NNC(=O)COc1cc(Cl)ccc1Cl)c1ccc(-c2ccccc2)cc1. The van der Waals surface area contributed by atoms with E-state index in [1.807, 2.05) is 49.4 Å². The molecule has 0 aliphatic heterocycles. The van der Waals surface area contributed by atoms with E-state index >= 15 is 0 Å². The fourth-order valence-corrected chi connectivity index (χ4v) is 2.84. The molecule has 0 atom stereocenters. The second kappa shape index (κ2) is 9.40. The minimum absolute atomic E-state index is 0.218. The molecule has 142 valence electrons. The first-order valence-corrected chi connectivity index (χ1v) is 9.35. The van der Waals surface area contributed by atoms with Crippen molar-refractivity contribution in [3.8, 4) is 16.9 Å². The molecule has 28 heavy (non-hydrogen) atoms. The van der Waals surface area contributed by atoms with Crippen LogP contribution in [0.4, 0.5) is 0 Å². The molecule has 0 spiro atoms. The third-order valence-corrected chi connectivity index (χ3v) is 4.56. The lowest BCUT2D eigenvalue weighted by atomic mass is 10.0. The van der Waals surface area contributed by atoms with Gasteiger partial charge in [0.25, 0.3) is 5.91 Å². The van der Waals surface area contributed by atoms with Crippen LogP contribution in [0.5, 0.6) is 5.75 Å². The fraction of sp³-hybridized carbons (Fsp3) is 0.0909. The van der Waals surface area contributed by atoms with Crippen LogP contribution in [0.3, 0.4) is 0 Å². The summed E-state index contributed by atoms with van der Waals surface area (Å²) in [5.41, 5.74) is 6.35. The highest BCUT2D eigenvalue weighted by molar-refractivity contribution is 6.34. The molecule has 0 unspecified atom stereocenters. The van der Waals surface area contributed by atoms with E-state index in [0.717, 1.165) is 16.7 Å². The Hall–Kier alpha value is -2.82. The normalized spacial score (nSPS) is 11.2. The first-order chi connectivity index (χ1) is 13.5. The molecule has 3 aromatic carbocycles. The summed E-state index contributed by atoms with van der Waals surface area (Å²) in [7, 11) is 0. The highest BCUT2D eigenvalue weighted by Gasteiger charge is 2.07. The van der Waals surface area contributed by atoms with E-state index in [1.165, 1.54) is 0 Å². The van der Waals surface area contributed by atoms with Crippen LogP contribution in [-0.2, 0) is 4.79 Å². The van der Waals surface area contributed by atoms with Crippen LogP contribution in [0.25, 0.3) is 11.1 Å². The quantitative estimate of drug-likeness (QED) is 0.424. The molecule has 0 fully saturated rings. The van der Waals surface area contributed by atoms with Gasteiger partial charge in [-0.1, -0.05) is 77.8 Å². The molecule has 1 amide bonds. The van der Waals surface area contributed by atoms with Gasteiger partial charge in [-0.05, 0) is 35.7 Å². The van der Waals surface area contributed by atoms with Crippen LogP contribution >= 0.6 is 23.2 Å². The molecular weight excluding hydrogens is 395 g/mol. The summed E-state index contributed by atoms with van der Waals surface area (Å²) < 4.78 is 5.38. The van der Waals surface area contributed by atoms with Crippen LogP contribution < -0.4 is 10.2 Å². The van der Waals surface area contributed by atoms with Gasteiger partial charge in [0.2, 0.25) is 0 Å². The second-order valence-electron chi connectivity index (χ2n) is 6.04. The maximum atomic E-state index is 12.0. The lowest BCUT2D eigenvalue weighted by Gasteiger charge is -2.08. The lowest BCUT2D eigenvalue weighted by molar-refractivity contribution is -0.123. The van der Waals surface area contributed by atoms with Gasteiger partial charge < -0.3 is 4.74 Å². The zero-order chi connectivity index (χ0) is 19.9. The van der Waals surface area contributed by atoms with E-state index in [9.17, 15) is 4.79 Å². The third-order valence-electron chi connectivity index (χ3n) is 4.01. The average Bonchev–Trinajstić information content (AvgIpc) is 2.73. The van der Waals surface area contributed by atoms with Crippen molar-refractivity contribution in [3.05, 3.63) is 88.4 Å². The number of halogens is 2. The van der Waals surface area contributed by atoms with E-state index < -0.39 is 5.91 Å². The molecule has 1 N–H and O–H groups in total. The van der Waals surface area contributed by atoms with Gasteiger partial charge >= 0.3 is 0 Å². The van der Waals surface area contributed by atoms with Crippen LogP contribution in [0.1, 0.15) is 12.5 Å². The Bertz CT molecular complexity index is 987. The van der Waals surface area contributed by atoms with Gasteiger partial charge in [0.05, 0.1) is 10.7 Å². The summed E-state index contributed by atoms with van der Waals surface area (Å²) in [6, 6.07) is 22.9. The zero-order valence-electron chi connectivity index (χ0n) is 15.2. The minimum Gasteiger partial charge on any atom is -0.482 e. The summed E-state index contributed by atoms with van der Waals surface area (Å²) in [6.45, 7) is 1.61. The molecule has 0 aliphatic carbocycles. The number of hydrogen-bond acceptors (Lipinski definition) is 3. The molecule has 4 nitrogen and oxygen atoms in total. The van der Waals surface area contributed by atoms with Crippen LogP contribution in [0.2, 0.25) is 10.0 Å². The molecule has 0 aromatic heterocycles. The summed E-state index contributed by atoms with van der Waals surface area (Å²) >= 11 is 11.9. The fourth-order valence-electron chi connectivity index (χ4n) is 2.51. The second-order valence-corrected chi connectivity index (χ2v) is 6.88. The average molecular weight is 413 g/mol. The monoisotopic (exact) mass is 412 g/mol. The molecule has 0 saturated carbocycles. The van der Waals surface area contributed by atoms with E-state index in [4.69, 9.17) is 27.9 Å². The van der Waals surface area contributed by atoms with Crippen molar-refractivity contribution in [1.29, 1.82) is 0 Å². The number of hydrazone groups is 1. The number of carbonyl (C=O) groups is 1. The number of benzene rings is 3. The van der Waals surface area contributed by atoms with Crippen LogP contribution in [0, 0.1) is 0 Å². The zero-order valence-corrected chi connectivity index (χ0v) is 16.7. The smallest absolute Gasteiger partial charge is 0.277 e. The number of carbonyl (C=O) groups excluding carboxylic acids is 1. The van der Waals surface area contributed by atoms with E-state index in [1.54, 1.807) is 18.2 Å². The van der Waals surface area contributed by atoms with Gasteiger partial charge in [-0.3, -0.25) is 4.79 Å². The Kier molecular flexibility index (Phi) is 6.69. The lowest BCUT2D eigenvalue weighted by Crippen LogP contribution is -2.25. The Labute approximate surface area is 173 Å². The summed E-state index contributed by atoms with van der Waals surface area (Å²) in [5, 5.41) is 4.99. The van der Waals surface area contributed by atoms with Crippen molar-refractivity contribution >= 4 is 34.8 Å². The highest BCUT2D eigenvalue weighted by Crippen LogP contribution is 2.27. The van der Waals surface area contributed by atoms with Gasteiger partial charge in [0.1, 0.15) is 5.75 Å². The standard InChI is InChI=1S/C22H18Cl2N2O2/c1-15(16-7-9-18(10-8-16)17-5-3-2-4-6-17)25-26-22(27)14-28-21-13-19(23)11-12-20(21)24/h2-13H,14H2,1H3,(H,26,27). The maximum absolute atomic E-state index is 12.0. The third kappa shape index (κ3) is 5.35. The van der Waals surface area contributed by atoms with Crippen molar-refractivity contribution in [3.63, 3.8) is 0 Å². The molecule has 0 heterocycles. The number of ether oxygens (including phenoxy) is 1. The first kappa shape index (κ1) is 19.9. The number of amides is 1. The number of nitrogens with zero attached hydrogens (tertiary/aromatic N) is 1.